The summed E-state index contributed by atoms with van der Waals surface area (Å²) in [6.07, 6.45) is 0. The first-order chi connectivity index (χ1) is 6.00. The molecule has 2 radical (unpaired) electrons. The maximum atomic E-state index is 8.74. The van der Waals surface area contributed by atoms with Gasteiger partial charge in [-0.3, -0.25) is 27.3 Å². The second-order valence-electron chi connectivity index (χ2n) is 1.34. The van der Waals surface area contributed by atoms with Crippen molar-refractivity contribution in [2.45, 2.75) is 0 Å². The summed E-state index contributed by atoms with van der Waals surface area (Å²) >= 11 is 0. The van der Waals surface area contributed by atoms with E-state index in [0.717, 1.165) is 0 Å². The summed E-state index contributed by atoms with van der Waals surface area (Å²) < 4.78 is 94.8. The van der Waals surface area contributed by atoms with E-state index < -0.39 is 31.2 Å². The fraction of sp³-hybridized carbons (Fsp3) is 0. The van der Waals surface area contributed by atoms with E-state index >= 15 is 0 Å². The Hall–Kier alpha value is 1.15. The maximum absolute atomic E-state index is 8.74. The van der Waals surface area contributed by atoms with Crippen molar-refractivity contribution < 1.29 is 132 Å². The predicted molar refractivity (Wildman–Crippen MR) is 60.6 cm³/mol. The normalized spacial score (nSPS) is 7.91. The zero-order valence-electron chi connectivity index (χ0n) is 10.0. The number of hydrogen-bond donors (Lipinski definition) is 6. The van der Waals surface area contributed by atoms with Gasteiger partial charge in [-0.2, -0.15) is 25.3 Å². The van der Waals surface area contributed by atoms with Gasteiger partial charge in [-0.05, 0) is 0 Å². The van der Waals surface area contributed by atoms with E-state index in [2.05, 4.69) is 0 Å². The third-order valence-electron chi connectivity index (χ3n) is 0. The molecule has 22 heteroatoms. The van der Waals surface area contributed by atoms with Crippen molar-refractivity contribution in [3.05, 3.63) is 0 Å². The first-order valence-electron chi connectivity index (χ1n) is 2.10. The second kappa shape index (κ2) is 27.0. The monoisotopic (exact) mass is 474 g/mol. The molecule has 142 valence electrons. The minimum atomic E-state index is -4.67. The van der Waals surface area contributed by atoms with Crippen LogP contribution < -0.4 is 0 Å². The average molecular weight is 474 g/mol. The predicted octanol–water partition coefficient (Wildman–Crippen LogP) is -6.09. The van der Waals surface area contributed by atoms with Crippen LogP contribution in [0, 0.1) is 0 Å². The Bertz CT molecular complexity index is 343. The molecule has 17 nitrogen and oxygen atoms in total. The zero-order chi connectivity index (χ0) is 13.5. The molecule has 0 rings (SSSR count). The molecular formula is H16O17S3Sc2. The Labute approximate surface area is 162 Å². The van der Waals surface area contributed by atoms with Crippen LogP contribution in [0.2, 0.25) is 0 Å². The van der Waals surface area contributed by atoms with Gasteiger partial charge in [0.25, 0.3) is 0 Å². The molecule has 0 spiro atoms. The van der Waals surface area contributed by atoms with Gasteiger partial charge in [0, 0.05) is 51.7 Å². The summed E-state index contributed by atoms with van der Waals surface area (Å²) in [6, 6.07) is 0. The molecule has 0 saturated carbocycles. The molecule has 16 N–H and O–H groups in total. The van der Waals surface area contributed by atoms with Gasteiger partial charge in [0.1, 0.15) is 0 Å². The van der Waals surface area contributed by atoms with Crippen LogP contribution in [0.3, 0.4) is 0 Å². The SMILES string of the molecule is O.O.O.O.O.O=S(=O)(O)O.O=S(=O)(O)O.O=S(=O)(O)O.[Sc].[Sc]. The largest absolute Gasteiger partial charge is 0.412 e. The van der Waals surface area contributed by atoms with E-state index in [-0.39, 0.29) is 79.1 Å². The van der Waals surface area contributed by atoms with Gasteiger partial charge >= 0.3 is 31.2 Å². The number of hydrogen-bond acceptors (Lipinski definition) is 6. The summed E-state index contributed by atoms with van der Waals surface area (Å²) in [5.74, 6) is 0. The first-order valence-corrected chi connectivity index (χ1v) is 6.29. The van der Waals surface area contributed by atoms with Crippen molar-refractivity contribution in [3.8, 4) is 0 Å². The van der Waals surface area contributed by atoms with E-state index in [1.54, 1.807) is 0 Å². The Balaban J connectivity index is -0.0000000106. The minimum Gasteiger partial charge on any atom is -0.412 e. The second-order valence-corrected chi connectivity index (χ2v) is 4.03. The molecule has 0 aliphatic rings. The topological polar surface area (TPSA) is 381 Å². The molecule has 0 bridgehead atoms. The van der Waals surface area contributed by atoms with Crippen molar-refractivity contribution in [2.75, 3.05) is 0 Å². The van der Waals surface area contributed by atoms with Gasteiger partial charge in [0.05, 0.1) is 0 Å². The molecule has 0 unspecified atom stereocenters. The van der Waals surface area contributed by atoms with Crippen LogP contribution in [-0.2, 0) is 82.9 Å². The van der Waals surface area contributed by atoms with Crippen LogP contribution >= 0.6 is 0 Å². The number of rotatable bonds is 0. The summed E-state index contributed by atoms with van der Waals surface area (Å²) in [5.41, 5.74) is 0. The van der Waals surface area contributed by atoms with Crippen LogP contribution in [0.5, 0.6) is 0 Å². The molecule has 0 heterocycles. The van der Waals surface area contributed by atoms with Crippen LogP contribution in [0.4, 0.5) is 0 Å². The fourth-order valence-electron chi connectivity index (χ4n) is 0. The first kappa shape index (κ1) is 65.7. The molecule has 0 atom stereocenters. The van der Waals surface area contributed by atoms with Crippen LogP contribution in [0.1, 0.15) is 0 Å². The maximum Gasteiger partial charge on any atom is 0.394 e. The summed E-state index contributed by atoms with van der Waals surface area (Å²) in [4.78, 5) is 0. The third kappa shape index (κ3) is 6490. The van der Waals surface area contributed by atoms with Crippen molar-refractivity contribution >= 4 is 31.2 Å². The van der Waals surface area contributed by atoms with Crippen LogP contribution in [-0.4, -0.2) is 80.0 Å². The zero-order valence-corrected chi connectivity index (χ0v) is 16.1. The van der Waals surface area contributed by atoms with E-state index in [4.69, 9.17) is 52.6 Å². The van der Waals surface area contributed by atoms with E-state index in [9.17, 15) is 0 Å². The van der Waals surface area contributed by atoms with Gasteiger partial charge in [0.2, 0.25) is 0 Å². The van der Waals surface area contributed by atoms with Gasteiger partial charge in [-0.25, -0.2) is 0 Å². The summed E-state index contributed by atoms with van der Waals surface area (Å²) in [6.45, 7) is 0. The quantitative estimate of drug-likeness (QED) is 0.179. The molecule has 0 aromatic rings. The van der Waals surface area contributed by atoms with Gasteiger partial charge in [0.15, 0.2) is 0 Å². The van der Waals surface area contributed by atoms with E-state index in [1.807, 2.05) is 0 Å². The molecule has 0 aromatic carbocycles. The van der Waals surface area contributed by atoms with Crippen molar-refractivity contribution in [1.82, 2.24) is 0 Å². The van der Waals surface area contributed by atoms with Crippen LogP contribution in [0.15, 0.2) is 0 Å². The molecular weight excluding hydrogens is 458 g/mol. The summed E-state index contributed by atoms with van der Waals surface area (Å²) in [5, 5.41) is 0. The molecule has 0 aliphatic carbocycles. The molecule has 0 aliphatic heterocycles. The Kier molecular flexibility index (Phi) is 80.7. The Morgan fingerprint density at radius 1 is 0.364 bits per heavy atom. The smallest absolute Gasteiger partial charge is 0.394 e. The van der Waals surface area contributed by atoms with Gasteiger partial charge < -0.3 is 27.4 Å². The fourth-order valence-corrected chi connectivity index (χ4v) is 0. The van der Waals surface area contributed by atoms with Crippen molar-refractivity contribution in [2.24, 2.45) is 0 Å². The Morgan fingerprint density at radius 3 is 0.364 bits per heavy atom. The van der Waals surface area contributed by atoms with Crippen molar-refractivity contribution in [3.63, 3.8) is 0 Å². The van der Waals surface area contributed by atoms with Crippen LogP contribution in [0.25, 0.3) is 0 Å². The van der Waals surface area contributed by atoms with Gasteiger partial charge in [-0.1, -0.05) is 0 Å². The third-order valence-corrected chi connectivity index (χ3v) is 0. The van der Waals surface area contributed by atoms with E-state index in [0.29, 0.717) is 0 Å². The molecule has 0 fully saturated rings. The average Bonchev–Trinajstić information content (AvgIpc) is 1.41. The molecule has 0 aromatic heterocycles. The minimum absolute atomic E-state index is 0. The van der Waals surface area contributed by atoms with Crippen molar-refractivity contribution in [1.29, 1.82) is 0 Å². The molecule has 22 heavy (non-hydrogen) atoms. The summed E-state index contributed by atoms with van der Waals surface area (Å²) in [7, 11) is -14.0. The molecule has 0 saturated heterocycles. The Morgan fingerprint density at radius 2 is 0.364 bits per heavy atom. The van der Waals surface area contributed by atoms with E-state index in [1.165, 1.54) is 0 Å². The van der Waals surface area contributed by atoms with Gasteiger partial charge in [-0.15, -0.1) is 0 Å². The standard InChI is InChI=1S/3H2O4S.5H2O.2Sc/c3*1-5(2,3)4;;;;;;;/h3*(H2,1,2,3,4);5*1H2;;. The molecule has 0 amide bonds.